The quantitative estimate of drug-likeness (QED) is 0.660. The number of nitrogens with zero attached hydrogens (tertiary/aromatic N) is 2. The molecule has 1 unspecified atom stereocenters. The maximum Gasteiger partial charge on any atom is 0.310 e. The third-order valence-electron chi connectivity index (χ3n) is 3.49. The Balaban J connectivity index is 2.40. The fourth-order valence-corrected chi connectivity index (χ4v) is 2.22. The molecule has 0 aliphatic carbocycles. The lowest BCUT2D eigenvalue weighted by Gasteiger charge is -2.22. The van der Waals surface area contributed by atoms with Crippen LogP contribution in [0, 0.1) is 16.7 Å². The van der Waals surface area contributed by atoms with Gasteiger partial charge in [-0.05, 0) is 19.4 Å². The van der Waals surface area contributed by atoms with Gasteiger partial charge in [-0.3, -0.25) is 14.5 Å². The van der Waals surface area contributed by atoms with Gasteiger partial charge in [-0.25, -0.2) is 0 Å². The Bertz CT molecular complexity index is 364. The summed E-state index contributed by atoms with van der Waals surface area (Å²) >= 11 is 0. The van der Waals surface area contributed by atoms with Crippen LogP contribution in [-0.2, 0) is 9.59 Å². The molecule has 100 valence electrons. The number of rotatable bonds is 6. The fraction of sp³-hybridized carbons (Fsp3) is 0.750. The van der Waals surface area contributed by atoms with Crippen molar-refractivity contribution in [3.05, 3.63) is 0 Å². The third kappa shape index (κ3) is 3.44. The highest BCUT2D eigenvalue weighted by molar-refractivity contribution is 5.79. The molecule has 0 bridgehead atoms. The number of likely N-dealkylation sites (tertiary alicyclic amines) is 1. The monoisotopic (exact) mass is 253 g/mol. The topological polar surface area (TPSA) is 93.4 Å². The largest absolute Gasteiger partial charge is 0.481 e. The molecule has 2 N–H and O–H groups in total. The van der Waals surface area contributed by atoms with Gasteiger partial charge in [-0.2, -0.15) is 5.26 Å². The minimum Gasteiger partial charge on any atom is -0.481 e. The molecule has 6 heteroatoms. The Kier molecular flexibility index (Phi) is 5.10. The van der Waals surface area contributed by atoms with Gasteiger partial charge < -0.3 is 10.4 Å². The summed E-state index contributed by atoms with van der Waals surface area (Å²) in [7, 11) is 0. The van der Waals surface area contributed by atoms with E-state index in [-0.39, 0.29) is 12.5 Å². The Labute approximate surface area is 107 Å². The Hall–Kier alpha value is -1.61. The zero-order valence-corrected chi connectivity index (χ0v) is 10.6. The zero-order valence-electron chi connectivity index (χ0n) is 10.6. The molecule has 1 saturated heterocycles. The molecule has 1 amide bonds. The van der Waals surface area contributed by atoms with E-state index in [1.54, 1.807) is 0 Å². The normalized spacial score (nSPS) is 23.6. The van der Waals surface area contributed by atoms with Gasteiger partial charge >= 0.3 is 5.97 Å². The van der Waals surface area contributed by atoms with Gasteiger partial charge in [0.25, 0.3) is 0 Å². The Morgan fingerprint density at radius 3 is 2.78 bits per heavy atom. The molecule has 0 aromatic rings. The highest BCUT2D eigenvalue weighted by Crippen LogP contribution is 2.33. The summed E-state index contributed by atoms with van der Waals surface area (Å²) in [5, 5.41) is 20.2. The predicted molar refractivity (Wildman–Crippen MR) is 64.7 cm³/mol. The lowest BCUT2D eigenvalue weighted by molar-refractivity contribution is -0.148. The van der Waals surface area contributed by atoms with E-state index in [9.17, 15) is 14.7 Å². The van der Waals surface area contributed by atoms with Crippen LogP contribution in [0.5, 0.6) is 0 Å². The first kappa shape index (κ1) is 14.5. The number of carboxylic acids is 1. The molecule has 0 radical (unpaired) electrons. The molecule has 6 nitrogen and oxygen atoms in total. The Morgan fingerprint density at radius 1 is 1.56 bits per heavy atom. The van der Waals surface area contributed by atoms with Crippen molar-refractivity contribution >= 4 is 11.9 Å². The van der Waals surface area contributed by atoms with E-state index in [1.165, 1.54) is 0 Å². The molecule has 0 aromatic carbocycles. The van der Waals surface area contributed by atoms with E-state index >= 15 is 0 Å². The number of carboxylic acid groups (broad SMARTS) is 1. The lowest BCUT2D eigenvalue weighted by atomic mass is 9.84. The third-order valence-corrected chi connectivity index (χ3v) is 3.49. The van der Waals surface area contributed by atoms with Crippen molar-refractivity contribution in [3.63, 3.8) is 0 Å². The summed E-state index contributed by atoms with van der Waals surface area (Å²) in [6, 6.07) is 1.95. The average molecular weight is 253 g/mol. The summed E-state index contributed by atoms with van der Waals surface area (Å²) in [4.78, 5) is 24.6. The van der Waals surface area contributed by atoms with Crippen LogP contribution in [0.3, 0.4) is 0 Å². The molecule has 1 fully saturated rings. The zero-order chi connectivity index (χ0) is 13.6. The van der Waals surface area contributed by atoms with Crippen molar-refractivity contribution in [2.24, 2.45) is 5.41 Å². The van der Waals surface area contributed by atoms with E-state index in [4.69, 9.17) is 5.26 Å². The molecule has 1 heterocycles. The van der Waals surface area contributed by atoms with E-state index < -0.39 is 11.4 Å². The van der Waals surface area contributed by atoms with Gasteiger partial charge in [0, 0.05) is 13.1 Å². The SMILES string of the molecule is CCC1(C(=O)O)CCN(CC(=O)NCCC#N)C1. The molecule has 1 atom stereocenters. The molecule has 1 aliphatic rings. The van der Waals surface area contributed by atoms with Crippen molar-refractivity contribution in [1.82, 2.24) is 10.2 Å². The van der Waals surface area contributed by atoms with E-state index in [0.29, 0.717) is 38.9 Å². The molecular weight excluding hydrogens is 234 g/mol. The molecule has 0 spiro atoms. The fourth-order valence-electron chi connectivity index (χ4n) is 2.22. The first-order chi connectivity index (χ1) is 8.54. The number of hydrogen-bond acceptors (Lipinski definition) is 4. The minimum absolute atomic E-state index is 0.150. The van der Waals surface area contributed by atoms with Crippen LogP contribution in [0.4, 0.5) is 0 Å². The van der Waals surface area contributed by atoms with Crippen molar-refractivity contribution < 1.29 is 14.7 Å². The number of nitriles is 1. The number of nitrogens with one attached hydrogen (secondary N) is 1. The maximum atomic E-state index is 11.5. The van der Waals surface area contributed by atoms with Crippen molar-refractivity contribution in [1.29, 1.82) is 5.26 Å². The van der Waals surface area contributed by atoms with E-state index in [2.05, 4.69) is 5.32 Å². The molecule has 1 aliphatic heterocycles. The number of carbonyl (C=O) groups excluding carboxylic acids is 1. The standard InChI is InChI=1S/C12H19N3O3/c1-2-12(11(17)18)4-7-15(9-12)8-10(16)14-6-3-5-13/h2-4,6-9H2,1H3,(H,14,16)(H,17,18). The van der Waals surface area contributed by atoms with Crippen molar-refractivity contribution in [3.8, 4) is 6.07 Å². The average Bonchev–Trinajstić information content (AvgIpc) is 2.74. The van der Waals surface area contributed by atoms with Crippen LogP contribution in [0.15, 0.2) is 0 Å². The van der Waals surface area contributed by atoms with Gasteiger partial charge in [0.1, 0.15) is 0 Å². The van der Waals surface area contributed by atoms with Crippen LogP contribution in [0.2, 0.25) is 0 Å². The van der Waals surface area contributed by atoms with Gasteiger partial charge in [-0.1, -0.05) is 6.92 Å². The van der Waals surface area contributed by atoms with E-state index in [1.807, 2.05) is 17.9 Å². The van der Waals surface area contributed by atoms with Gasteiger partial charge in [0.2, 0.25) is 5.91 Å². The number of aliphatic carboxylic acids is 1. The maximum absolute atomic E-state index is 11.5. The first-order valence-corrected chi connectivity index (χ1v) is 6.13. The highest BCUT2D eigenvalue weighted by Gasteiger charge is 2.43. The van der Waals surface area contributed by atoms with Crippen LogP contribution >= 0.6 is 0 Å². The summed E-state index contributed by atoms with van der Waals surface area (Å²) in [5.74, 6) is -0.931. The Morgan fingerprint density at radius 2 is 2.28 bits per heavy atom. The summed E-state index contributed by atoms with van der Waals surface area (Å²) in [6.45, 7) is 3.47. The second-order valence-electron chi connectivity index (χ2n) is 4.66. The van der Waals surface area contributed by atoms with Gasteiger partial charge in [0.15, 0.2) is 0 Å². The van der Waals surface area contributed by atoms with Crippen molar-refractivity contribution in [2.45, 2.75) is 26.2 Å². The number of carbonyl (C=O) groups is 2. The second kappa shape index (κ2) is 6.36. The lowest BCUT2D eigenvalue weighted by Crippen LogP contribution is -2.39. The molecule has 0 saturated carbocycles. The number of hydrogen-bond donors (Lipinski definition) is 2. The summed E-state index contributed by atoms with van der Waals surface area (Å²) in [6.07, 6.45) is 1.46. The van der Waals surface area contributed by atoms with Crippen LogP contribution in [-0.4, -0.2) is 48.1 Å². The minimum atomic E-state index is -0.780. The first-order valence-electron chi connectivity index (χ1n) is 6.13. The summed E-state index contributed by atoms with van der Waals surface area (Å²) < 4.78 is 0. The summed E-state index contributed by atoms with van der Waals surface area (Å²) in [5.41, 5.74) is -0.701. The molecule has 1 rings (SSSR count). The second-order valence-corrected chi connectivity index (χ2v) is 4.66. The van der Waals surface area contributed by atoms with Crippen LogP contribution in [0.1, 0.15) is 26.2 Å². The number of amides is 1. The van der Waals surface area contributed by atoms with Crippen LogP contribution < -0.4 is 5.32 Å². The van der Waals surface area contributed by atoms with Crippen molar-refractivity contribution in [2.75, 3.05) is 26.2 Å². The molecule has 18 heavy (non-hydrogen) atoms. The smallest absolute Gasteiger partial charge is 0.310 e. The van der Waals surface area contributed by atoms with Crippen LogP contribution in [0.25, 0.3) is 0 Å². The molecule has 0 aromatic heterocycles. The molecular formula is C12H19N3O3. The predicted octanol–water partition coefficient (Wildman–Crippen LogP) is 0.203. The van der Waals surface area contributed by atoms with E-state index in [0.717, 1.165) is 0 Å². The highest BCUT2D eigenvalue weighted by atomic mass is 16.4. The van der Waals surface area contributed by atoms with Gasteiger partial charge in [-0.15, -0.1) is 0 Å². The van der Waals surface area contributed by atoms with Gasteiger partial charge in [0.05, 0.1) is 24.4 Å².